The van der Waals surface area contributed by atoms with Crippen molar-refractivity contribution in [2.24, 2.45) is 17.8 Å². The molecule has 0 aliphatic rings. The minimum atomic E-state index is -4.95. The van der Waals surface area contributed by atoms with Crippen LogP contribution < -0.4 is 0 Å². The van der Waals surface area contributed by atoms with Gasteiger partial charge in [0, 0.05) is 25.7 Å². The molecule has 0 saturated carbocycles. The Kier molecular flexibility index (Phi) is 63.4. The smallest absolute Gasteiger partial charge is 0.462 e. The number of phosphoric ester groups is 2. The van der Waals surface area contributed by atoms with Crippen LogP contribution in [0.4, 0.5) is 0 Å². The fourth-order valence-electron chi connectivity index (χ4n) is 11.2. The first-order valence-corrected chi connectivity index (χ1v) is 41.3. The number of aliphatic hydroxyl groups excluding tert-OH is 1. The van der Waals surface area contributed by atoms with Crippen LogP contribution >= 0.6 is 15.6 Å². The van der Waals surface area contributed by atoms with E-state index >= 15 is 0 Å². The second-order valence-electron chi connectivity index (χ2n) is 28.1. The average molecular weight is 1370 g/mol. The van der Waals surface area contributed by atoms with Gasteiger partial charge in [0.2, 0.25) is 0 Å². The third kappa shape index (κ3) is 68.4. The van der Waals surface area contributed by atoms with Gasteiger partial charge in [-0.2, -0.15) is 0 Å². The molecule has 0 spiro atoms. The lowest BCUT2D eigenvalue weighted by atomic mass is 10.0. The molecule has 19 heteroatoms. The molecular weight excluding hydrogens is 1220 g/mol. The van der Waals surface area contributed by atoms with Crippen LogP contribution in [0.3, 0.4) is 0 Å². The molecule has 0 saturated heterocycles. The number of rotatable bonds is 72. The van der Waals surface area contributed by atoms with Gasteiger partial charge in [-0.05, 0) is 43.4 Å². The van der Waals surface area contributed by atoms with Gasteiger partial charge in [-0.1, -0.05) is 325 Å². The fourth-order valence-corrected chi connectivity index (χ4v) is 12.8. The van der Waals surface area contributed by atoms with Crippen LogP contribution in [0.5, 0.6) is 0 Å². The van der Waals surface area contributed by atoms with Crippen molar-refractivity contribution in [2.45, 2.75) is 394 Å². The zero-order valence-corrected chi connectivity index (χ0v) is 62.5. The first-order chi connectivity index (χ1) is 44.7. The Morgan fingerprint density at radius 3 is 0.731 bits per heavy atom. The number of hydrogen-bond donors (Lipinski definition) is 3. The maximum atomic E-state index is 13.1. The molecule has 552 valence electrons. The molecule has 0 aromatic heterocycles. The normalized spacial score (nSPS) is 14.1. The Morgan fingerprint density at radius 2 is 0.495 bits per heavy atom. The Balaban J connectivity index is 5.16. The summed E-state index contributed by atoms with van der Waals surface area (Å²) < 4.78 is 68.3. The van der Waals surface area contributed by atoms with Crippen molar-refractivity contribution in [3.05, 3.63) is 0 Å². The van der Waals surface area contributed by atoms with E-state index in [0.29, 0.717) is 25.7 Å². The van der Waals surface area contributed by atoms with Crippen LogP contribution in [0, 0.1) is 17.8 Å². The Labute approximate surface area is 568 Å². The van der Waals surface area contributed by atoms with Crippen LogP contribution in [-0.4, -0.2) is 96.7 Å². The van der Waals surface area contributed by atoms with E-state index in [9.17, 15) is 43.2 Å². The number of hydrogen-bond acceptors (Lipinski definition) is 15. The third-order valence-electron chi connectivity index (χ3n) is 17.1. The molecule has 5 atom stereocenters. The van der Waals surface area contributed by atoms with Gasteiger partial charge < -0.3 is 33.8 Å². The molecule has 0 fully saturated rings. The number of ether oxygens (including phenoxy) is 4. The highest BCUT2D eigenvalue weighted by molar-refractivity contribution is 7.47. The highest BCUT2D eigenvalue weighted by Gasteiger charge is 2.30. The predicted octanol–water partition coefficient (Wildman–Crippen LogP) is 21.4. The van der Waals surface area contributed by atoms with Crippen LogP contribution in [0.25, 0.3) is 0 Å². The summed E-state index contributed by atoms with van der Waals surface area (Å²) >= 11 is 0. The van der Waals surface area contributed by atoms with E-state index in [0.717, 1.165) is 120 Å². The Morgan fingerprint density at radius 1 is 0.290 bits per heavy atom. The number of esters is 4. The van der Waals surface area contributed by atoms with Gasteiger partial charge in [-0.3, -0.25) is 37.3 Å². The zero-order chi connectivity index (χ0) is 68.7. The van der Waals surface area contributed by atoms with Crippen LogP contribution in [0.2, 0.25) is 0 Å². The second kappa shape index (κ2) is 64.7. The Bertz CT molecular complexity index is 1820. The largest absolute Gasteiger partial charge is 0.472 e. The molecule has 2 unspecified atom stereocenters. The van der Waals surface area contributed by atoms with E-state index in [2.05, 4.69) is 48.5 Å². The van der Waals surface area contributed by atoms with Gasteiger partial charge in [0.1, 0.15) is 19.3 Å². The second-order valence-corrected chi connectivity index (χ2v) is 31.0. The molecule has 0 heterocycles. The first-order valence-electron chi connectivity index (χ1n) is 38.3. The summed E-state index contributed by atoms with van der Waals surface area (Å²) in [5.41, 5.74) is 0. The van der Waals surface area contributed by atoms with Gasteiger partial charge in [0.05, 0.1) is 26.4 Å². The number of phosphoric acid groups is 2. The van der Waals surface area contributed by atoms with E-state index in [1.165, 1.54) is 173 Å². The first kappa shape index (κ1) is 91.1. The molecule has 0 aromatic carbocycles. The van der Waals surface area contributed by atoms with Crippen molar-refractivity contribution >= 4 is 39.5 Å². The minimum Gasteiger partial charge on any atom is -0.462 e. The van der Waals surface area contributed by atoms with Gasteiger partial charge in [-0.25, -0.2) is 9.13 Å². The predicted molar refractivity (Wildman–Crippen MR) is 377 cm³/mol. The molecule has 0 bridgehead atoms. The molecule has 0 amide bonds. The van der Waals surface area contributed by atoms with Crippen LogP contribution in [-0.2, 0) is 65.4 Å². The lowest BCUT2D eigenvalue weighted by molar-refractivity contribution is -0.161. The van der Waals surface area contributed by atoms with Crippen molar-refractivity contribution in [3.8, 4) is 0 Å². The highest BCUT2D eigenvalue weighted by atomic mass is 31.2. The topological polar surface area (TPSA) is 237 Å². The fraction of sp³-hybridized carbons (Fsp3) is 0.946. The van der Waals surface area contributed by atoms with Gasteiger partial charge >= 0.3 is 39.5 Å². The van der Waals surface area contributed by atoms with E-state index < -0.39 is 97.5 Å². The SMILES string of the molecule is CCCCCCCCCC(=O)OC[C@H](COP(=O)(O)OC[C@H](O)COP(=O)(O)OC[C@@H](COC(=O)CCCCCCCCCCCCC(C)C)OC(=O)CCCCCCCCCCCCCCCCCCCCC(C)C)OC(=O)CCCCCCCCCCCC(C)C. The monoisotopic (exact) mass is 1370 g/mol. The molecule has 0 radical (unpaired) electrons. The molecule has 0 aromatic rings. The lowest BCUT2D eigenvalue weighted by Gasteiger charge is -2.21. The van der Waals surface area contributed by atoms with E-state index in [1.807, 2.05) is 0 Å². The maximum absolute atomic E-state index is 13.1. The minimum absolute atomic E-state index is 0.105. The summed E-state index contributed by atoms with van der Waals surface area (Å²) in [4.78, 5) is 72.5. The van der Waals surface area contributed by atoms with E-state index in [4.69, 9.17) is 37.0 Å². The number of aliphatic hydroxyl groups is 1. The third-order valence-corrected chi connectivity index (χ3v) is 19.0. The summed E-state index contributed by atoms with van der Waals surface area (Å²) in [6, 6.07) is 0. The van der Waals surface area contributed by atoms with Crippen molar-refractivity contribution < 1.29 is 80.2 Å². The standard InChI is InChI=1S/C74H144O17P2/c1-8-9-10-11-31-41-48-55-71(76)84-61-69(90-74(79)58-51-44-37-30-24-27-34-40-47-54-67(6)7)63-88-92(80,81)86-59-68(75)60-87-93(82,83)89-64-70(62-85-72(77)56-49-42-35-28-23-22-26-33-39-46-53-66(4)5)91-73(78)57-50-43-36-29-21-19-17-15-13-12-14-16-18-20-25-32-38-45-52-65(2)3/h65-70,75H,8-64H2,1-7H3,(H,80,81)(H,82,83)/t68-,69+,70+/m0/s1. The molecule has 0 rings (SSSR count). The summed E-state index contributed by atoms with van der Waals surface area (Å²) in [6.07, 6.45) is 50.2. The van der Waals surface area contributed by atoms with Gasteiger partial charge in [0.25, 0.3) is 0 Å². The molecule has 0 aliphatic carbocycles. The van der Waals surface area contributed by atoms with E-state index in [1.54, 1.807) is 0 Å². The highest BCUT2D eigenvalue weighted by Crippen LogP contribution is 2.45. The van der Waals surface area contributed by atoms with Crippen molar-refractivity contribution in [3.63, 3.8) is 0 Å². The van der Waals surface area contributed by atoms with Crippen LogP contribution in [0.15, 0.2) is 0 Å². The van der Waals surface area contributed by atoms with Crippen molar-refractivity contribution in [2.75, 3.05) is 39.6 Å². The Hall–Kier alpha value is -1.94. The molecule has 93 heavy (non-hydrogen) atoms. The molecule has 3 N–H and O–H groups in total. The van der Waals surface area contributed by atoms with E-state index in [-0.39, 0.29) is 25.7 Å². The molecular formula is C74H144O17P2. The maximum Gasteiger partial charge on any atom is 0.472 e. The number of carbonyl (C=O) groups excluding carboxylic acids is 4. The quantitative estimate of drug-likeness (QED) is 0.0222. The zero-order valence-electron chi connectivity index (χ0n) is 60.7. The molecule has 0 aliphatic heterocycles. The van der Waals surface area contributed by atoms with Crippen LogP contribution in [0.1, 0.15) is 376 Å². The van der Waals surface area contributed by atoms with Gasteiger partial charge in [0.15, 0.2) is 12.2 Å². The average Bonchev–Trinajstić information content (AvgIpc) is 3.67. The summed E-state index contributed by atoms with van der Waals surface area (Å²) in [5, 5.41) is 10.6. The van der Waals surface area contributed by atoms with Crippen molar-refractivity contribution in [1.82, 2.24) is 0 Å². The summed E-state index contributed by atoms with van der Waals surface area (Å²) in [5.74, 6) is 0.189. The number of carbonyl (C=O) groups is 4. The van der Waals surface area contributed by atoms with Gasteiger partial charge in [-0.15, -0.1) is 0 Å². The summed E-state index contributed by atoms with van der Waals surface area (Å²) in [7, 11) is -9.90. The number of unbranched alkanes of at least 4 members (excludes halogenated alkanes) is 40. The lowest BCUT2D eigenvalue weighted by Crippen LogP contribution is -2.30. The summed E-state index contributed by atoms with van der Waals surface area (Å²) in [6.45, 7) is 11.8. The molecule has 17 nitrogen and oxygen atoms in total. The van der Waals surface area contributed by atoms with Crippen molar-refractivity contribution in [1.29, 1.82) is 0 Å².